The van der Waals surface area contributed by atoms with Crippen LogP contribution in [-0.2, 0) is 9.53 Å². The van der Waals surface area contributed by atoms with Crippen LogP contribution in [0.1, 0.15) is 20.8 Å². The third-order valence-corrected chi connectivity index (χ3v) is 4.96. The number of hydrogen-bond acceptors (Lipinski definition) is 7. The molecule has 0 saturated heterocycles. The zero-order valence-electron chi connectivity index (χ0n) is 17.5. The number of aromatic nitrogens is 3. The average Bonchev–Trinajstić information content (AvgIpc) is 3.16. The number of benzene rings is 2. The zero-order chi connectivity index (χ0) is 21.5. The molecule has 0 aliphatic heterocycles. The van der Waals surface area contributed by atoms with Crippen molar-refractivity contribution in [3.63, 3.8) is 0 Å². The van der Waals surface area contributed by atoms with Gasteiger partial charge in [-0.05, 0) is 57.2 Å². The molecule has 158 valence electrons. The SMILES string of the molecule is CCOc1ccc(-n2c(SCC(=O)OC(C)C)nnc2-c2cccc(OC)c2)cc1. The lowest BCUT2D eigenvalue weighted by atomic mass is 10.2. The molecule has 30 heavy (non-hydrogen) atoms. The van der Waals surface area contributed by atoms with Gasteiger partial charge in [-0.3, -0.25) is 9.36 Å². The molecule has 0 amide bonds. The van der Waals surface area contributed by atoms with Crippen LogP contribution in [0.2, 0.25) is 0 Å². The Labute approximate surface area is 180 Å². The normalized spacial score (nSPS) is 10.8. The van der Waals surface area contributed by atoms with E-state index in [-0.39, 0.29) is 17.8 Å². The summed E-state index contributed by atoms with van der Waals surface area (Å²) in [5.41, 5.74) is 1.72. The summed E-state index contributed by atoms with van der Waals surface area (Å²) in [6, 6.07) is 15.3. The summed E-state index contributed by atoms with van der Waals surface area (Å²) in [7, 11) is 1.62. The van der Waals surface area contributed by atoms with Crippen LogP contribution in [0.4, 0.5) is 0 Å². The minimum Gasteiger partial charge on any atom is -0.497 e. The quantitative estimate of drug-likeness (QED) is 0.370. The Hall–Kier alpha value is -3.00. The van der Waals surface area contributed by atoms with Gasteiger partial charge in [0.1, 0.15) is 11.5 Å². The molecular weight excluding hydrogens is 402 g/mol. The minimum atomic E-state index is -0.292. The topological polar surface area (TPSA) is 75.5 Å². The molecular formula is C22H25N3O4S. The van der Waals surface area contributed by atoms with Crippen LogP contribution in [0.5, 0.6) is 11.5 Å². The second-order valence-corrected chi connectivity index (χ2v) is 7.57. The summed E-state index contributed by atoms with van der Waals surface area (Å²) in [4.78, 5) is 12.0. The maximum atomic E-state index is 12.0. The van der Waals surface area contributed by atoms with Crippen molar-refractivity contribution < 1.29 is 19.0 Å². The first-order chi connectivity index (χ1) is 14.5. The smallest absolute Gasteiger partial charge is 0.316 e. The van der Waals surface area contributed by atoms with E-state index in [1.165, 1.54) is 11.8 Å². The summed E-state index contributed by atoms with van der Waals surface area (Å²) in [6.07, 6.45) is -0.158. The van der Waals surface area contributed by atoms with E-state index in [9.17, 15) is 4.79 Å². The van der Waals surface area contributed by atoms with Gasteiger partial charge in [-0.1, -0.05) is 23.9 Å². The molecule has 0 atom stereocenters. The van der Waals surface area contributed by atoms with E-state index in [1.54, 1.807) is 7.11 Å². The van der Waals surface area contributed by atoms with Crippen LogP contribution in [0.25, 0.3) is 17.1 Å². The first-order valence-corrected chi connectivity index (χ1v) is 10.7. The lowest BCUT2D eigenvalue weighted by Gasteiger charge is -2.12. The van der Waals surface area contributed by atoms with Crippen LogP contribution in [-0.4, -0.2) is 46.3 Å². The highest BCUT2D eigenvalue weighted by atomic mass is 32.2. The predicted octanol–water partition coefficient (Wildman–Crippen LogP) is 4.39. The second-order valence-electron chi connectivity index (χ2n) is 6.63. The molecule has 0 aliphatic carbocycles. The van der Waals surface area contributed by atoms with Crippen molar-refractivity contribution in [1.29, 1.82) is 0 Å². The number of carbonyl (C=O) groups is 1. The molecule has 0 aliphatic rings. The largest absolute Gasteiger partial charge is 0.497 e. The monoisotopic (exact) mass is 427 g/mol. The van der Waals surface area contributed by atoms with Crippen molar-refractivity contribution in [3.8, 4) is 28.6 Å². The van der Waals surface area contributed by atoms with E-state index in [0.717, 1.165) is 22.7 Å². The van der Waals surface area contributed by atoms with Gasteiger partial charge in [-0.15, -0.1) is 10.2 Å². The molecule has 0 spiro atoms. The molecule has 0 fully saturated rings. The zero-order valence-corrected chi connectivity index (χ0v) is 18.3. The molecule has 8 heteroatoms. The van der Waals surface area contributed by atoms with Gasteiger partial charge in [0.05, 0.1) is 25.6 Å². The van der Waals surface area contributed by atoms with Crippen molar-refractivity contribution in [2.45, 2.75) is 32.0 Å². The van der Waals surface area contributed by atoms with Crippen LogP contribution in [0, 0.1) is 0 Å². The van der Waals surface area contributed by atoms with Crippen molar-refractivity contribution in [2.24, 2.45) is 0 Å². The van der Waals surface area contributed by atoms with Gasteiger partial charge < -0.3 is 14.2 Å². The molecule has 1 heterocycles. The third kappa shape index (κ3) is 5.33. The molecule has 0 saturated carbocycles. The molecule has 7 nitrogen and oxygen atoms in total. The van der Waals surface area contributed by atoms with Gasteiger partial charge in [0.2, 0.25) is 0 Å². The third-order valence-electron chi connectivity index (χ3n) is 4.05. The van der Waals surface area contributed by atoms with E-state index in [4.69, 9.17) is 14.2 Å². The Morgan fingerprint density at radius 1 is 1.10 bits per heavy atom. The van der Waals surface area contributed by atoms with E-state index < -0.39 is 0 Å². The Bertz CT molecular complexity index is 986. The second kappa shape index (κ2) is 10.2. The summed E-state index contributed by atoms with van der Waals surface area (Å²) in [6.45, 7) is 6.19. The van der Waals surface area contributed by atoms with Gasteiger partial charge in [0.25, 0.3) is 0 Å². The summed E-state index contributed by atoms with van der Waals surface area (Å²) in [5, 5.41) is 9.31. The Morgan fingerprint density at radius 2 is 1.87 bits per heavy atom. The van der Waals surface area contributed by atoms with Crippen molar-refractivity contribution in [3.05, 3.63) is 48.5 Å². The van der Waals surface area contributed by atoms with Gasteiger partial charge in [-0.2, -0.15) is 0 Å². The van der Waals surface area contributed by atoms with Crippen molar-refractivity contribution in [1.82, 2.24) is 14.8 Å². The maximum absolute atomic E-state index is 12.0. The Balaban J connectivity index is 1.98. The highest BCUT2D eigenvalue weighted by Gasteiger charge is 2.18. The van der Waals surface area contributed by atoms with Crippen LogP contribution >= 0.6 is 11.8 Å². The number of thioether (sulfide) groups is 1. The molecule has 0 N–H and O–H groups in total. The number of esters is 1. The van der Waals surface area contributed by atoms with E-state index in [0.29, 0.717) is 17.6 Å². The van der Waals surface area contributed by atoms with Crippen molar-refractivity contribution >= 4 is 17.7 Å². The Kier molecular flexibility index (Phi) is 7.35. The number of methoxy groups -OCH3 is 1. The number of rotatable bonds is 9. The molecule has 0 bridgehead atoms. The number of hydrogen-bond donors (Lipinski definition) is 0. The fourth-order valence-electron chi connectivity index (χ4n) is 2.82. The fraction of sp³-hybridized carbons (Fsp3) is 0.318. The predicted molar refractivity (Wildman–Crippen MR) is 116 cm³/mol. The van der Waals surface area contributed by atoms with E-state index in [1.807, 2.05) is 73.9 Å². The molecule has 2 aromatic carbocycles. The van der Waals surface area contributed by atoms with Crippen molar-refractivity contribution in [2.75, 3.05) is 19.5 Å². The first kappa shape index (κ1) is 21.7. The number of nitrogens with zero attached hydrogens (tertiary/aromatic N) is 3. The lowest BCUT2D eigenvalue weighted by molar-refractivity contribution is -0.144. The molecule has 1 aromatic heterocycles. The van der Waals surface area contributed by atoms with Crippen LogP contribution in [0.15, 0.2) is 53.7 Å². The summed E-state index contributed by atoms with van der Waals surface area (Å²) < 4.78 is 18.0. The summed E-state index contributed by atoms with van der Waals surface area (Å²) in [5.74, 6) is 2.01. The molecule has 0 radical (unpaired) electrons. The van der Waals surface area contributed by atoms with Gasteiger partial charge in [0, 0.05) is 11.3 Å². The highest BCUT2D eigenvalue weighted by Crippen LogP contribution is 2.30. The molecule has 3 aromatic rings. The summed E-state index contributed by atoms with van der Waals surface area (Å²) >= 11 is 1.28. The van der Waals surface area contributed by atoms with Gasteiger partial charge in [-0.25, -0.2) is 0 Å². The van der Waals surface area contributed by atoms with Gasteiger partial charge >= 0.3 is 5.97 Å². The minimum absolute atomic E-state index is 0.144. The molecule has 0 unspecified atom stereocenters. The fourth-order valence-corrected chi connectivity index (χ4v) is 3.56. The lowest BCUT2D eigenvalue weighted by Crippen LogP contribution is -2.13. The van der Waals surface area contributed by atoms with Crippen LogP contribution < -0.4 is 9.47 Å². The van der Waals surface area contributed by atoms with Crippen LogP contribution in [0.3, 0.4) is 0 Å². The Morgan fingerprint density at radius 3 is 2.53 bits per heavy atom. The highest BCUT2D eigenvalue weighted by molar-refractivity contribution is 7.99. The van der Waals surface area contributed by atoms with E-state index in [2.05, 4.69) is 10.2 Å². The van der Waals surface area contributed by atoms with Gasteiger partial charge in [0.15, 0.2) is 11.0 Å². The van der Waals surface area contributed by atoms with E-state index >= 15 is 0 Å². The molecule has 3 rings (SSSR count). The number of ether oxygens (including phenoxy) is 3. The first-order valence-electron chi connectivity index (χ1n) is 9.67. The standard InChI is InChI=1S/C22H25N3O4S/c1-5-28-18-11-9-17(10-12-18)25-21(16-7-6-8-19(13-16)27-4)23-24-22(25)30-14-20(26)29-15(2)3/h6-13,15H,5,14H2,1-4H3. The maximum Gasteiger partial charge on any atom is 0.316 e. The average molecular weight is 428 g/mol. The number of carbonyl (C=O) groups excluding carboxylic acids is 1.